The Morgan fingerprint density at radius 3 is 2.62 bits per heavy atom. The molecule has 90 valence electrons. The van der Waals surface area contributed by atoms with Crippen molar-refractivity contribution in [3.8, 4) is 0 Å². The van der Waals surface area contributed by atoms with Crippen molar-refractivity contribution >= 4 is 17.3 Å². The van der Waals surface area contributed by atoms with Gasteiger partial charge >= 0.3 is 0 Å². The first-order valence-electron chi connectivity index (χ1n) is 5.82. The van der Waals surface area contributed by atoms with Gasteiger partial charge in [0.2, 0.25) is 0 Å². The van der Waals surface area contributed by atoms with Gasteiger partial charge in [0.05, 0.1) is 0 Å². The summed E-state index contributed by atoms with van der Waals surface area (Å²) in [5.74, 6) is 0.140. The van der Waals surface area contributed by atoms with Crippen LogP contribution in [-0.2, 0) is 5.88 Å². The minimum atomic E-state index is -0.217. The maximum atomic E-state index is 13.1. The average molecular weight is 244 g/mol. The summed E-state index contributed by atoms with van der Waals surface area (Å²) in [5.41, 5.74) is 1.94. The molecule has 0 aliphatic heterocycles. The normalized spacial score (nSPS) is 10.5. The molecule has 0 radical (unpaired) electrons. The summed E-state index contributed by atoms with van der Waals surface area (Å²) in [6.45, 7) is 6.20. The van der Waals surface area contributed by atoms with Gasteiger partial charge in [-0.15, -0.1) is 11.6 Å². The quantitative estimate of drug-likeness (QED) is 0.677. The fourth-order valence-electron chi connectivity index (χ4n) is 1.77. The molecule has 1 rings (SSSR count). The molecular formula is C13H19ClFN. The van der Waals surface area contributed by atoms with E-state index in [-0.39, 0.29) is 5.82 Å². The Morgan fingerprint density at radius 1 is 1.31 bits per heavy atom. The summed E-state index contributed by atoms with van der Waals surface area (Å²) < 4.78 is 13.1. The lowest BCUT2D eigenvalue weighted by molar-refractivity contribution is 0.625. The molecule has 0 fully saturated rings. The SMILES string of the molecule is CCCCN(CC)c1ccc(F)cc1CCl. The molecule has 16 heavy (non-hydrogen) atoms. The highest BCUT2D eigenvalue weighted by Gasteiger charge is 2.09. The van der Waals surface area contributed by atoms with Crippen LogP contribution in [0.3, 0.4) is 0 Å². The van der Waals surface area contributed by atoms with Crippen molar-refractivity contribution < 1.29 is 4.39 Å². The van der Waals surface area contributed by atoms with E-state index in [9.17, 15) is 4.39 Å². The maximum absolute atomic E-state index is 13.1. The summed E-state index contributed by atoms with van der Waals surface area (Å²) >= 11 is 5.85. The maximum Gasteiger partial charge on any atom is 0.123 e. The summed E-state index contributed by atoms with van der Waals surface area (Å²) in [6, 6.07) is 4.85. The van der Waals surface area contributed by atoms with Crippen molar-refractivity contribution in [2.24, 2.45) is 0 Å². The smallest absolute Gasteiger partial charge is 0.123 e. The number of unbranched alkanes of at least 4 members (excludes halogenated alkanes) is 1. The molecule has 1 aromatic carbocycles. The summed E-state index contributed by atoms with van der Waals surface area (Å²) in [7, 11) is 0. The number of halogens is 2. The van der Waals surface area contributed by atoms with Crippen LogP contribution in [0.15, 0.2) is 18.2 Å². The van der Waals surface area contributed by atoms with E-state index < -0.39 is 0 Å². The van der Waals surface area contributed by atoms with Gasteiger partial charge in [0.1, 0.15) is 5.82 Å². The molecule has 0 aliphatic carbocycles. The zero-order valence-corrected chi connectivity index (χ0v) is 10.7. The highest BCUT2D eigenvalue weighted by Crippen LogP contribution is 2.23. The van der Waals surface area contributed by atoms with Gasteiger partial charge < -0.3 is 4.90 Å². The Hall–Kier alpha value is -0.760. The van der Waals surface area contributed by atoms with E-state index in [4.69, 9.17) is 11.6 Å². The summed E-state index contributed by atoms with van der Waals surface area (Å²) in [6.07, 6.45) is 2.31. The molecule has 0 heterocycles. The molecule has 0 N–H and O–H groups in total. The lowest BCUT2D eigenvalue weighted by atomic mass is 10.1. The van der Waals surface area contributed by atoms with E-state index in [1.54, 1.807) is 0 Å². The number of rotatable bonds is 6. The Bertz CT molecular complexity index is 328. The fourth-order valence-corrected chi connectivity index (χ4v) is 1.98. The van der Waals surface area contributed by atoms with Crippen molar-refractivity contribution in [3.05, 3.63) is 29.6 Å². The van der Waals surface area contributed by atoms with Crippen molar-refractivity contribution in [1.29, 1.82) is 0 Å². The predicted octanol–water partition coefficient (Wildman–Crippen LogP) is 4.19. The summed E-state index contributed by atoms with van der Waals surface area (Å²) in [5, 5.41) is 0. The lowest BCUT2D eigenvalue weighted by Gasteiger charge is -2.25. The van der Waals surface area contributed by atoms with E-state index in [1.807, 2.05) is 6.07 Å². The number of anilines is 1. The van der Waals surface area contributed by atoms with Gasteiger partial charge in [-0.3, -0.25) is 0 Å². The fraction of sp³-hybridized carbons (Fsp3) is 0.538. The molecule has 3 heteroatoms. The van der Waals surface area contributed by atoms with Crippen LogP contribution in [-0.4, -0.2) is 13.1 Å². The van der Waals surface area contributed by atoms with Crippen LogP contribution < -0.4 is 4.90 Å². The topological polar surface area (TPSA) is 3.24 Å². The lowest BCUT2D eigenvalue weighted by Crippen LogP contribution is -2.24. The first-order valence-corrected chi connectivity index (χ1v) is 6.35. The van der Waals surface area contributed by atoms with Gasteiger partial charge in [-0.1, -0.05) is 13.3 Å². The Labute approximate surface area is 102 Å². The molecule has 0 unspecified atom stereocenters. The van der Waals surface area contributed by atoms with Crippen LogP contribution in [0.4, 0.5) is 10.1 Å². The largest absolute Gasteiger partial charge is 0.372 e. The Balaban J connectivity index is 2.90. The summed E-state index contributed by atoms with van der Waals surface area (Å²) in [4.78, 5) is 2.25. The van der Waals surface area contributed by atoms with Crippen LogP contribution in [0.5, 0.6) is 0 Å². The number of hydrogen-bond acceptors (Lipinski definition) is 1. The molecular weight excluding hydrogens is 225 g/mol. The highest BCUT2D eigenvalue weighted by molar-refractivity contribution is 6.17. The zero-order chi connectivity index (χ0) is 12.0. The monoisotopic (exact) mass is 243 g/mol. The Morgan fingerprint density at radius 2 is 2.06 bits per heavy atom. The van der Waals surface area contributed by atoms with E-state index >= 15 is 0 Å². The van der Waals surface area contributed by atoms with Crippen molar-refractivity contribution in [3.63, 3.8) is 0 Å². The molecule has 1 nitrogen and oxygen atoms in total. The van der Waals surface area contributed by atoms with Crippen LogP contribution in [0.1, 0.15) is 32.3 Å². The first kappa shape index (κ1) is 13.3. The van der Waals surface area contributed by atoms with Gasteiger partial charge in [-0.25, -0.2) is 4.39 Å². The third-order valence-corrected chi connectivity index (χ3v) is 2.98. The van der Waals surface area contributed by atoms with Crippen molar-refractivity contribution in [2.45, 2.75) is 32.6 Å². The number of hydrogen-bond donors (Lipinski definition) is 0. The minimum absolute atomic E-state index is 0.217. The molecule has 0 saturated heterocycles. The van der Waals surface area contributed by atoms with Crippen LogP contribution >= 0.6 is 11.6 Å². The number of nitrogens with zero attached hydrogens (tertiary/aromatic N) is 1. The van der Waals surface area contributed by atoms with Gasteiger partial charge in [-0.05, 0) is 37.1 Å². The van der Waals surface area contributed by atoms with Gasteiger partial charge in [0.15, 0.2) is 0 Å². The van der Waals surface area contributed by atoms with Gasteiger partial charge in [-0.2, -0.15) is 0 Å². The second-order valence-corrected chi connectivity index (χ2v) is 4.11. The van der Waals surface area contributed by atoms with E-state index in [0.29, 0.717) is 5.88 Å². The third kappa shape index (κ3) is 3.38. The van der Waals surface area contributed by atoms with E-state index in [1.165, 1.54) is 12.1 Å². The van der Waals surface area contributed by atoms with E-state index in [2.05, 4.69) is 18.7 Å². The first-order chi connectivity index (χ1) is 7.72. The molecule has 0 amide bonds. The molecule has 0 atom stereocenters. The van der Waals surface area contributed by atoms with Crippen molar-refractivity contribution in [2.75, 3.05) is 18.0 Å². The second kappa shape index (κ2) is 6.74. The Kier molecular flexibility index (Phi) is 5.61. The minimum Gasteiger partial charge on any atom is -0.372 e. The van der Waals surface area contributed by atoms with Crippen LogP contribution in [0, 0.1) is 5.82 Å². The standard InChI is InChI=1S/C13H19ClFN/c1-3-5-8-16(4-2)13-7-6-12(15)9-11(13)10-14/h6-7,9H,3-5,8,10H2,1-2H3. The average Bonchev–Trinajstić information content (AvgIpc) is 2.31. The van der Waals surface area contributed by atoms with Crippen LogP contribution in [0.25, 0.3) is 0 Å². The molecule has 0 bridgehead atoms. The van der Waals surface area contributed by atoms with Gasteiger partial charge in [0, 0.05) is 24.7 Å². The molecule has 0 spiro atoms. The molecule has 1 aromatic rings. The number of alkyl halides is 1. The predicted molar refractivity (Wildman–Crippen MR) is 68.8 cm³/mol. The molecule has 0 aromatic heterocycles. The van der Waals surface area contributed by atoms with Gasteiger partial charge in [0.25, 0.3) is 0 Å². The van der Waals surface area contributed by atoms with Crippen molar-refractivity contribution in [1.82, 2.24) is 0 Å². The highest BCUT2D eigenvalue weighted by atomic mass is 35.5. The molecule has 0 aliphatic rings. The zero-order valence-electron chi connectivity index (χ0n) is 9.97. The van der Waals surface area contributed by atoms with E-state index in [0.717, 1.165) is 37.2 Å². The molecule has 0 saturated carbocycles. The second-order valence-electron chi connectivity index (χ2n) is 3.84. The number of benzene rings is 1. The van der Waals surface area contributed by atoms with Crippen LogP contribution in [0.2, 0.25) is 0 Å². The third-order valence-electron chi connectivity index (χ3n) is 2.69.